The van der Waals surface area contributed by atoms with Crippen LogP contribution in [-0.4, -0.2) is 26.7 Å². The molecule has 3 rings (SSSR count). The molecular weight excluding hydrogens is 332 g/mol. The summed E-state index contributed by atoms with van der Waals surface area (Å²) >= 11 is 0. The maximum Gasteiger partial charge on any atom is 0.277 e. The molecule has 0 aliphatic rings. The number of Topliss-reactive ketones (excluding diaryl/α,β-unsaturated/α-hetero) is 1. The first-order valence-corrected chi connectivity index (χ1v) is 8.28. The van der Waals surface area contributed by atoms with Gasteiger partial charge in [0.15, 0.2) is 5.78 Å². The highest BCUT2D eigenvalue weighted by Gasteiger charge is 2.07. The molecule has 26 heavy (non-hydrogen) atoms. The summed E-state index contributed by atoms with van der Waals surface area (Å²) in [5.74, 6) is -0.188. The lowest BCUT2D eigenvalue weighted by atomic mass is 10.1. The molecule has 0 saturated heterocycles. The molecule has 0 unspecified atom stereocenters. The van der Waals surface area contributed by atoms with Crippen LogP contribution in [0.3, 0.4) is 0 Å². The molecule has 0 aliphatic carbocycles. The second-order valence-electron chi connectivity index (χ2n) is 5.92. The highest BCUT2D eigenvalue weighted by atomic mass is 16.2. The Balaban J connectivity index is 1.56. The standard InChI is InChI=1S/C19H18N4O3/c1-13(24)14-8-10-15(11-9-14)20-18(25)7-4-12-23-19(26)16-5-2-3-6-17(16)21-22-23/h2-3,5-6,8-11H,4,7,12H2,1H3,(H,20,25). The molecule has 0 spiro atoms. The van der Waals surface area contributed by atoms with Crippen molar-refractivity contribution in [3.05, 3.63) is 64.4 Å². The van der Waals surface area contributed by atoms with Gasteiger partial charge in [-0.3, -0.25) is 14.4 Å². The first-order valence-electron chi connectivity index (χ1n) is 8.28. The van der Waals surface area contributed by atoms with Gasteiger partial charge in [0.2, 0.25) is 5.91 Å². The van der Waals surface area contributed by atoms with E-state index in [2.05, 4.69) is 15.6 Å². The second kappa shape index (κ2) is 7.69. The lowest BCUT2D eigenvalue weighted by molar-refractivity contribution is -0.116. The van der Waals surface area contributed by atoms with Crippen molar-refractivity contribution in [3.63, 3.8) is 0 Å². The van der Waals surface area contributed by atoms with Crippen LogP contribution in [0.25, 0.3) is 10.9 Å². The number of anilines is 1. The number of aromatic nitrogens is 3. The number of amides is 1. The molecule has 2 aromatic carbocycles. The Labute approximate surface area is 149 Å². The minimum Gasteiger partial charge on any atom is -0.326 e. The van der Waals surface area contributed by atoms with E-state index in [1.807, 2.05) is 0 Å². The fourth-order valence-electron chi connectivity index (χ4n) is 2.57. The largest absolute Gasteiger partial charge is 0.326 e. The van der Waals surface area contributed by atoms with Crippen molar-refractivity contribution in [3.8, 4) is 0 Å². The van der Waals surface area contributed by atoms with E-state index in [-0.39, 0.29) is 23.7 Å². The lowest BCUT2D eigenvalue weighted by Crippen LogP contribution is -2.25. The van der Waals surface area contributed by atoms with Crippen LogP contribution in [-0.2, 0) is 11.3 Å². The zero-order valence-corrected chi connectivity index (χ0v) is 14.3. The van der Waals surface area contributed by atoms with Gasteiger partial charge in [-0.15, -0.1) is 5.10 Å². The Morgan fingerprint density at radius 1 is 1.08 bits per heavy atom. The van der Waals surface area contributed by atoms with Crippen molar-refractivity contribution in [1.82, 2.24) is 15.0 Å². The number of fused-ring (bicyclic) bond motifs is 1. The molecule has 1 aromatic heterocycles. The molecule has 132 valence electrons. The molecule has 0 atom stereocenters. The van der Waals surface area contributed by atoms with Gasteiger partial charge in [-0.25, -0.2) is 4.68 Å². The van der Waals surface area contributed by atoms with E-state index in [4.69, 9.17) is 0 Å². The quantitative estimate of drug-likeness (QED) is 0.689. The van der Waals surface area contributed by atoms with Gasteiger partial charge in [0.25, 0.3) is 5.56 Å². The molecule has 7 nitrogen and oxygen atoms in total. The summed E-state index contributed by atoms with van der Waals surface area (Å²) in [6.45, 7) is 1.80. The number of benzene rings is 2. The number of nitrogens with zero attached hydrogens (tertiary/aromatic N) is 3. The predicted octanol–water partition coefficient (Wildman–Crippen LogP) is 2.41. The highest BCUT2D eigenvalue weighted by molar-refractivity contribution is 5.95. The van der Waals surface area contributed by atoms with Crippen LogP contribution in [0.1, 0.15) is 30.1 Å². The summed E-state index contributed by atoms with van der Waals surface area (Å²) in [7, 11) is 0. The maximum atomic E-state index is 12.3. The first-order chi connectivity index (χ1) is 12.5. The summed E-state index contributed by atoms with van der Waals surface area (Å²) < 4.78 is 1.28. The fraction of sp³-hybridized carbons (Fsp3) is 0.211. The van der Waals surface area contributed by atoms with E-state index in [9.17, 15) is 14.4 Å². The Morgan fingerprint density at radius 2 is 1.81 bits per heavy atom. The Bertz CT molecular complexity index is 1010. The normalized spacial score (nSPS) is 10.7. The van der Waals surface area contributed by atoms with Crippen LogP contribution in [0.15, 0.2) is 53.3 Å². The number of aryl methyl sites for hydroxylation is 1. The van der Waals surface area contributed by atoms with Crippen molar-refractivity contribution in [2.24, 2.45) is 0 Å². The summed E-state index contributed by atoms with van der Waals surface area (Å²) in [6, 6.07) is 13.7. The molecule has 7 heteroatoms. The molecular formula is C19H18N4O3. The van der Waals surface area contributed by atoms with Gasteiger partial charge >= 0.3 is 0 Å². The number of carbonyl (C=O) groups is 2. The van der Waals surface area contributed by atoms with Gasteiger partial charge in [-0.2, -0.15) is 0 Å². The third-order valence-electron chi connectivity index (χ3n) is 3.98. The van der Waals surface area contributed by atoms with Gasteiger partial charge in [0.1, 0.15) is 5.52 Å². The average Bonchev–Trinajstić information content (AvgIpc) is 2.64. The SMILES string of the molecule is CC(=O)c1ccc(NC(=O)CCCn2nnc3ccccc3c2=O)cc1. The molecule has 0 aliphatic heterocycles. The number of hydrogen-bond acceptors (Lipinski definition) is 5. The first kappa shape index (κ1) is 17.5. The van der Waals surface area contributed by atoms with Crippen molar-refractivity contribution in [2.75, 3.05) is 5.32 Å². The molecule has 1 N–H and O–H groups in total. The van der Waals surface area contributed by atoms with Crippen LogP contribution in [0, 0.1) is 0 Å². The molecule has 0 radical (unpaired) electrons. The zero-order valence-electron chi connectivity index (χ0n) is 14.3. The van der Waals surface area contributed by atoms with Crippen LogP contribution in [0.4, 0.5) is 5.69 Å². The minimum absolute atomic E-state index is 0.0233. The molecule has 3 aromatic rings. The zero-order chi connectivity index (χ0) is 18.5. The van der Waals surface area contributed by atoms with Crippen molar-refractivity contribution < 1.29 is 9.59 Å². The van der Waals surface area contributed by atoms with Gasteiger partial charge in [0, 0.05) is 24.2 Å². The van der Waals surface area contributed by atoms with Crippen LogP contribution < -0.4 is 10.9 Å². The Kier molecular flexibility index (Phi) is 5.17. The molecule has 0 bridgehead atoms. The molecule has 1 heterocycles. The fourth-order valence-corrected chi connectivity index (χ4v) is 2.57. The van der Waals surface area contributed by atoms with E-state index in [0.29, 0.717) is 35.1 Å². The summed E-state index contributed by atoms with van der Waals surface area (Å²) in [5.41, 5.74) is 1.57. The van der Waals surface area contributed by atoms with Gasteiger partial charge in [0.05, 0.1) is 5.39 Å². The number of hydrogen-bond donors (Lipinski definition) is 1. The second-order valence-corrected chi connectivity index (χ2v) is 5.92. The van der Waals surface area contributed by atoms with E-state index in [0.717, 1.165) is 0 Å². The average molecular weight is 350 g/mol. The lowest BCUT2D eigenvalue weighted by Gasteiger charge is -2.07. The van der Waals surface area contributed by atoms with Crippen LogP contribution in [0.5, 0.6) is 0 Å². The van der Waals surface area contributed by atoms with Crippen LogP contribution in [0.2, 0.25) is 0 Å². The smallest absolute Gasteiger partial charge is 0.277 e. The van der Waals surface area contributed by atoms with Gasteiger partial charge in [-0.05, 0) is 49.7 Å². The highest BCUT2D eigenvalue weighted by Crippen LogP contribution is 2.11. The van der Waals surface area contributed by atoms with E-state index in [1.54, 1.807) is 48.5 Å². The Hall–Kier alpha value is -3.35. The van der Waals surface area contributed by atoms with E-state index in [1.165, 1.54) is 11.6 Å². The van der Waals surface area contributed by atoms with E-state index < -0.39 is 0 Å². The van der Waals surface area contributed by atoms with Gasteiger partial charge in [-0.1, -0.05) is 17.3 Å². The number of ketones is 1. The van der Waals surface area contributed by atoms with Crippen LogP contribution >= 0.6 is 0 Å². The number of carbonyl (C=O) groups excluding carboxylic acids is 2. The minimum atomic E-state index is -0.212. The predicted molar refractivity (Wildman–Crippen MR) is 98.1 cm³/mol. The Morgan fingerprint density at radius 3 is 2.54 bits per heavy atom. The monoisotopic (exact) mass is 350 g/mol. The maximum absolute atomic E-state index is 12.3. The number of rotatable bonds is 6. The molecule has 0 fully saturated rings. The van der Waals surface area contributed by atoms with E-state index >= 15 is 0 Å². The number of nitrogens with one attached hydrogen (secondary N) is 1. The third-order valence-corrected chi connectivity index (χ3v) is 3.98. The van der Waals surface area contributed by atoms with Gasteiger partial charge < -0.3 is 5.32 Å². The molecule has 1 amide bonds. The third kappa shape index (κ3) is 4.00. The van der Waals surface area contributed by atoms with Crippen molar-refractivity contribution in [2.45, 2.75) is 26.3 Å². The summed E-state index contributed by atoms with van der Waals surface area (Å²) in [5, 5.41) is 11.2. The topological polar surface area (TPSA) is 93.9 Å². The summed E-state index contributed by atoms with van der Waals surface area (Å²) in [6.07, 6.45) is 0.708. The van der Waals surface area contributed by atoms with Crippen molar-refractivity contribution in [1.29, 1.82) is 0 Å². The van der Waals surface area contributed by atoms with Crippen molar-refractivity contribution >= 4 is 28.3 Å². The molecule has 0 saturated carbocycles. The summed E-state index contributed by atoms with van der Waals surface area (Å²) in [4.78, 5) is 35.6.